The first-order valence-electron chi connectivity index (χ1n) is 11.9. The van der Waals surface area contributed by atoms with Crippen molar-refractivity contribution in [3.8, 4) is 0 Å². The minimum Gasteiger partial charge on any atom is -0.392 e. The van der Waals surface area contributed by atoms with Gasteiger partial charge in [0.15, 0.2) is 0 Å². The molecular weight excluding hydrogens is 362 g/mol. The van der Waals surface area contributed by atoms with E-state index in [1.807, 2.05) is 6.92 Å². The lowest BCUT2D eigenvalue weighted by atomic mass is 9.87. The zero-order valence-electron chi connectivity index (χ0n) is 18.8. The molecule has 166 valence electrons. The molecule has 0 aromatic rings. The van der Waals surface area contributed by atoms with Crippen molar-refractivity contribution in [3.63, 3.8) is 0 Å². The number of carbonyl (C=O) groups is 1. The topological polar surface area (TPSA) is 69.6 Å². The predicted octanol–water partition coefficient (Wildman–Crippen LogP) is 4.90. The van der Waals surface area contributed by atoms with Gasteiger partial charge in [0.1, 0.15) is 0 Å². The highest BCUT2D eigenvalue weighted by molar-refractivity contribution is 5.75. The number of aliphatic hydroxyl groups is 2. The van der Waals surface area contributed by atoms with E-state index in [4.69, 9.17) is 0 Å². The number of carbonyl (C=O) groups excluding carboxylic acids is 1. The summed E-state index contributed by atoms with van der Waals surface area (Å²) in [5.74, 6) is 1.37. The monoisotopic (exact) mass is 405 g/mol. The van der Waals surface area contributed by atoms with Gasteiger partial charge in [0.25, 0.3) is 0 Å². The molecule has 1 saturated carbocycles. The van der Waals surface area contributed by atoms with Crippen molar-refractivity contribution in [1.82, 2.24) is 5.32 Å². The summed E-state index contributed by atoms with van der Waals surface area (Å²) < 4.78 is 0. The van der Waals surface area contributed by atoms with Gasteiger partial charge in [-0.05, 0) is 70.1 Å². The van der Waals surface area contributed by atoms with Crippen LogP contribution in [0.1, 0.15) is 91.4 Å². The van der Waals surface area contributed by atoms with E-state index in [0.717, 1.165) is 64.3 Å². The van der Waals surface area contributed by atoms with Gasteiger partial charge in [0.05, 0.1) is 11.7 Å². The summed E-state index contributed by atoms with van der Waals surface area (Å²) in [5.41, 5.74) is 0.868. The molecule has 0 aromatic carbocycles. The van der Waals surface area contributed by atoms with Gasteiger partial charge in [0.2, 0.25) is 5.91 Å². The third-order valence-electron chi connectivity index (χ3n) is 6.66. The molecule has 2 rings (SSSR count). The van der Waals surface area contributed by atoms with Crippen molar-refractivity contribution in [2.75, 3.05) is 6.54 Å². The average Bonchev–Trinajstić information content (AvgIpc) is 3.19. The summed E-state index contributed by atoms with van der Waals surface area (Å²) in [6.45, 7) is 6.90. The molecule has 0 aliphatic heterocycles. The molecule has 0 radical (unpaired) electrons. The van der Waals surface area contributed by atoms with Crippen molar-refractivity contribution < 1.29 is 15.0 Å². The highest BCUT2D eigenvalue weighted by atomic mass is 16.3. The number of fused-ring (bicyclic) bond motifs is 1. The van der Waals surface area contributed by atoms with Crippen LogP contribution in [0, 0.1) is 17.8 Å². The Labute approximate surface area is 177 Å². The third-order valence-corrected chi connectivity index (χ3v) is 6.66. The lowest BCUT2D eigenvalue weighted by Gasteiger charge is -2.22. The van der Waals surface area contributed by atoms with Gasteiger partial charge in [-0.2, -0.15) is 0 Å². The SMILES string of the molecule is CCCC[C@](C)(O)CC=C[C@@H]1[C@H]2CC(CCCCC(=O)NCCC)=C[C@H]2C[C@H]1O. The zero-order chi connectivity index (χ0) is 21.3. The fourth-order valence-electron chi connectivity index (χ4n) is 4.92. The molecule has 0 bridgehead atoms. The standard InChI is InChI=1S/C25H43NO3/c1-4-6-13-25(3,29)14-9-11-21-22-17-19(16-20(22)18-23(21)27)10-7-8-12-24(28)26-15-5-2/h9,11,16,20-23,27,29H,4-8,10,12-15,17-18H2,1-3H3,(H,26,28)/t20-,21+,22-,23+,25-/m0/s1. The summed E-state index contributed by atoms with van der Waals surface area (Å²) in [5, 5.41) is 23.9. The van der Waals surface area contributed by atoms with Crippen molar-refractivity contribution in [2.24, 2.45) is 17.8 Å². The molecule has 0 saturated heterocycles. The van der Waals surface area contributed by atoms with Crippen molar-refractivity contribution in [2.45, 2.75) is 103 Å². The first-order chi connectivity index (χ1) is 13.9. The number of amides is 1. The smallest absolute Gasteiger partial charge is 0.219 e. The van der Waals surface area contributed by atoms with Crippen LogP contribution in [-0.2, 0) is 4.79 Å². The first kappa shape index (κ1) is 24.1. The molecule has 3 N–H and O–H groups in total. The Morgan fingerprint density at radius 2 is 2.07 bits per heavy atom. The second-order valence-corrected chi connectivity index (χ2v) is 9.53. The van der Waals surface area contributed by atoms with Gasteiger partial charge >= 0.3 is 0 Å². The maximum absolute atomic E-state index is 11.7. The summed E-state index contributed by atoms with van der Waals surface area (Å²) in [6, 6.07) is 0. The minimum atomic E-state index is -0.641. The second kappa shape index (κ2) is 11.9. The Balaban J connectivity index is 1.74. The van der Waals surface area contributed by atoms with Crippen LogP contribution in [0.4, 0.5) is 0 Å². The van der Waals surface area contributed by atoms with E-state index in [1.165, 1.54) is 5.57 Å². The summed E-state index contributed by atoms with van der Waals surface area (Å²) in [7, 11) is 0. The molecule has 0 unspecified atom stereocenters. The Morgan fingerprint density at radius 1 is 1.28 bits per heavy atom. The van der Waals surface area contributed by atoms with Crippen LogP contribution in [-0.4, -0.2) is 34.4 Å². The summed E-state index contributed by atoms with van der Waals surface area (Å²) >= 11 is 0. The number of nitrogens with one attached hydrogen (secondary N) is 1. The number of aliphatic hydroxyl groups excluding tert-OH is 1. The quantitative estimate of drug-likeness (QED) is 0.301. The zero-order valence-corrected chi connectivity index (χ0v) is 18.8. The Bertz CT molecular complexity index is 566. The fraction of sp³-hybridized carbons (Fsp3) is 0.800. The summed E-state index contributed by atoms with van der Waals surface area (Å²) in [4.78, 5) is 11.7. The molecule has 2 aliphatic carbocycles. The van der Waals surface area contributed by atoms with E-state index < -0.39 is 5.60 Å². The molecule has 0 heterocycles. The van der Waals surface area contributed by atoms with Gasteiger partial charge in [-0.1, -0.05) is 50.5 Å². The molecule has 2 aliphatic rings. The number of hydrogen-bond acceptors (Lipinski definition) is 3. The molecule has 29 heavy (non-hydrogen) atoms. The normalized spacial score (nSPS) is 28.4. The second-order valence-electron chi connectivity index (χ2n) is 9.53. The van der Waals surface area contributed by atoms with E-state index in [1.54, 1.807) is 0 Å². The maximum atomic E-state index is 11.7. The van der Waals surface area contributed by atoms with E-state index in [0.29, 0.717) is 24.7 Å². The van der Waals surface area contributed by atoms with Crippen LogP contribution < -0.4 is 5.32 Å². The molecular formula is C25H43NO3. The van der Waals surface area contributed by atoms with Crippen LogP contribution >= 0.6 is 0 Å². The van der Waals surface area contributed by atoms with Gasteiger partial charge in [-0.25, -0.2) is 0 Å². The van der Waals surface area contributed by atoms with E-state index in [-0.39, 0.29) is 17.9 Å². The average molecular weight is 406 g/mol. The molecule has 1 amide bonds. The first-order valence-corrected chi connectivity index (χ1v) is 11.9. The summed E-state index contributed by atoms with van der Waals surface area (Å²) in [6.07, 6.45) is 16.7. The van der Waals surface area contributed by atoms with Crippen molar-refractivity contribution >= 4 is 5.91 Å². The molecule has 0 aromatic heterocycles. The van der Waals surface area contributed by atoms with Gasteiger partial charge in [-0.3, -0.25) is 4.79 Å². The Hall–Kier alpha value is -1.13. The van der Waals surface area contributed by atoms with Crippen LogP contribution in [0.3, 0.4) is 0 Å². The van der Waals surface area contributed by atoms with Crippen LogP contribution in [0.2, 0.25) is 0 Å². The largest absolute Gasteiger partial charge is 0.392 e. The number of unbranched alkanes of at least 4 members (excludes halogenated alkanes) is 2. The maximum Gasteiger partial charge on any atom is 0.219 e. The molecule has 4 nitrogen and oxygen atoms in total. The van der Waals surface area contributed by atoms with Crippen molar-refractivity contribution in [1.29, 1.82) is 0 Å². The number of rotatable bonds is 13. The molecule has 5 atom stereocenters. The van der Waals surface area contributed by atoms with Gasteiger partial charge < -0.3 is 15.5 Å². The Morgan fingerprint density at radius 3 is 2.79 bits per heavy atom. The van der Waals surface area contributed by atoms with E-state index >= 15 is 0 Å². The lowest BCUT2D eigenvalue weighted by Crippen LogP contribution is -2.23. The van der Waals surface area contributed by atoms with Crippen LogP contribution in [0.15, 0.2) is 23.8 Å². The molecule has 4 heteroatoms. The van der Waals surface area contributed by atoms with Crippen molar-refractivity contribution in [3.05, 3.63) is 23.8 Å². The van der Waals surface area contributed by atoms with Crippen LogP contribution in [0.25, 0.3) is 0 Å². The van der Waals surface area contributed by atoms with E-state index in [9.17, 15) is 15.0 Å². The predicted molar refractivity (Wildman–Crippen MR) is 119 cm³/mol. The third kappa shape index (κ3) is 7.90. The lowest BCUT2D eigenvalue weighted by molar-refractivity contribution is -0.121. The number of allylic oxidation sites excluding steroid dienone is 2. The van der Waals surface area contributed by atoms with Crippen LogP contribution in [0.5, 0.6) is 0 Å². The molecule has 0 spiro atoms. The fourth-order valence-corrected chi connectivity index (χ4v) is 4.92. The molecule has 1 fully saturated rings. The minimum absolute atomic E-state index is 0.173. The number of hydrogen-bond donors (Lipinski definition) is 3. The van der Waals surface area contributed by atoms with Gasteiger partial charge in [-0.15, -0.1) is 0 Å². The van der Waals surface area contributed by atoms with Gasteiger partial charge in [0, 0.05) is 18.9 Å². The Kier molecular flexibility index (Phi) is 9.91. The highest BCUT2D eigenvalue weighted by Crippen LogP contribution is 2.48. The van der Waals surface area contributed by atoms with E-state index in [2.05, 4.69) is 37.4 Å². The highest BCUT2D eigenvalue weighted by Gasteiger charge is 2.43.